The topological polar surface area (TPSA) is 72.4 Å². The third-order valence-corrected chi connectivity index (χ3v) is 5.55. The minimum Gasteiger partial charge on any atom is -0.464 e. The zero-order valence-corrected chi connectivity index (χ0v) is 16.3. The maximum atomic E-state index is 13.5. The molecule has 0 spiro atoms. The van der Waals surface area contributed by atoms with Gasteiger partial charge in [-0.05, 0) is 49.6 Å². The summed E-state index contributed by atoms with van der Waals surface area (Å²) in [6.07, 6.45) is 4.90. The molecule has 1 fully saturated rings. The molecular weight excluding hydrogens is 385 g/mol. The molecule has 2 aromatic carbocycles. The van der Waals surface area contributed by atoms with Crippen LogP contribution in [0.25, 0.3) is 22.4 Å². The number of likely N-dealkylation sites (tertiary alicyclic amines) is 1. The number of amides is 1. The van der Waals surface area contributed by atoms with Crippen molar-refractivity contribution in [2.45, 2.75) is 31.7 Å². The van der Waals surface area contributed by atoms with E-state index in [1.165, 1.54) is 12.1 Å². The van der Waals surface area contributed by atoms with E-state index in [-0.39, 0.29) is 23.7 Å². The first-order valence-corrected chi connectivity index (χ1v) is 10.0. The van der Waals surface area contributed by atoms with Crippen molar-refractivity contribution in [1.29, 1.82) is 0 Å². The fourth-order valence-electron chi connectivity index (χ4n) is 4.07. The first kappa shape index (κ1) is 18.5. The van der Waals surface area contributed by atoms with Crippen LogP contribution in [0.15, 0.2) is 63.6 Å². The zero-order chi connectivity index (χ0) is 20.5. The number of nitrogens with zero attached hydrogens (tertiary/aromatic N) is 3. The van der Waals surface area contributed by atoms with Gasteiger partial charge in [0, 0.05) is 30.0 Å². The summed E-state index contributed by atoms with van der Waals surface area (Å²) in [5.41, 5.74) is 1.71. The van der Waals surface area contributed by atoms with Gasteiger partial charge in [-0.3, -0.25) is 4.79 Å². The highest BCUT2D eigenvalue weighted by Crippen LogP contribution is 2.27. The van der Waals surface area contributed by atoms with Gasteiger partial charge in [-0.2, -0.15) is 0 Å². The lowest BCUT2D eigenvalue weighted by Crippen LogP contribution is -2.45. The predicted octanol–water partition coefficient (Wildman–Crippen LogP) is 4.86. The van der Waals surface area contributed by atoms with Crippen LogP contribution in [-0.4, -0.2) is 33.6 Å². The van der Waals surface area contributed by atoms with Gasteiger partial charge in [-0.25, -0.2) is 4.39 Å². The number of para-hydroxylation sites is 1. The second-order valence-corrected chi connectivity index (χ2v) is 7.51. The number of piperidine rings is 1. The molecule has 5 rings (SSSR count). The number of aromatic nitrogens is 2. The van der Waals surface area contributed by atoms with Gasteiger partial charge in [0.05, 0.1) is 11.8 Å². The molecule has 1 atom stereocenters. The molecule has 6 nitrogen and oxygen atoms in total. The van der Waals surface area contributed by atoms with Gasteiger partial charge < -0.3 is 13.7 Å². The van der Waals surface area contributed by atoms with Crippen LogP contribution in [0, 0.1) is 5.82 Å². The summed E-state index contributed by atoms with van der Waals surface area (Å²) in [7, 11) is 0. The highest BCUT2D eigenvalue weighted by Gasteiger charge is 2.30. The fourth-order valence-corrected chi connectivity index (χ4v) is 4.07. The second kappa shape index (κ2) is 7.74. The molecule has 1 amide bonds. The summed E-state index contributed by atoms with van der Waals surface area (Å²) in [6, 6.07) is 13.5. The van der Waals surface area contributed by atoms with E-state index in [0.29, 0.717) is 35.6 Å². The van der Waals surface area contributed by atoms with E-state index in [2.05, 4.69) is 10.2 Å². The summed E-state index contributed by atoms with van der Waals surface area (Å²) in [5, 5.41) is 9.09. The number of carbonyl (C=O) groups excluding carboxylic acids is 1. The van der Waals surface area contributed by atoms with Crippen molar-refractivity contribution in [3.8, 4) is 11.5 Å². The summed E-state index contributed by atoms with van der Waals surface area (Å²) in [4.78, 5) is 15.2. The van der Waals surface area contributed by atoms with Crippen molar-refractivity contribution in [2.24, 2.45) is 0 Å². The van der Waals surface area contributed by atoms with Crippen LogP contribution in [-0.2, 0) is 6.42 Å². The van der Waals surface area contributed by atoms with E-state index in [4.69, 9.17) is 8.83 Å². The maximum absolute atomic E-state index is 13.5. The van der Waals surface area contributed by atoms with E-state index in [1.54, 1.807) is 24.5 Å². The van der Waals surface area contributed by atoms with Gasteiger partial charge in [0.15, 0.2) is 0 Å². The molecule has 7 heteroatoms. The number of hydrogen-bond acceptors (Lipinski definition) is 5. The Morgan fingerprint density at radius 3 is 2.93 bits per heavy atom. The minimum absolute atomic E-state index is 0.0442. The Morgan fingerprint density at radius 2 is 2.03 bits per heavy atom. The Labute approximate surface area is 172 Å². The van der Waals surface area contributed by atoms with Crippen molar-refractivity contribution < 1.29 is 18.0 Å². The highest BCUT2D eigenvalue weighted by atomic mass is 19.1. The average Bonchev–Trinajstić information content (AvgIpc) is 3.43. The molecule has 152 valence electrons. The van der Waals surface area contributed by atoms with Gasteiger partial charge in [0.1, 0.15) is 11.4 Å². The van der Waals surface area contributed by atoms with Crippen LogP contribution in [0.4, 0.5) is 4.39 Å². The zero-order valence-electron chi connectivity index (χ0n) is 16.3. The third kappa shape index (κ3) is 3.47. The van der Waals surface area contributed by atoms with Crippen LogP contribution in [0.2, 0.25) is 0 Å². The summed E-state index contributed by atoms with van der Waals surface area (Å²) in [6.45, 7) is 0.672. The summed E-state index contributed by atoms with van der Waals surface area (Å²) in [5.74, 6) is 0.308. The largest absolute Gasteiger partial charge is 0.464 e. The molecule has 3 heterocycles. The minimum atomic E-state index is -0.358. The number of benzene rings is 2. The van der Waals surface area contributed by atoms with Crippen molar-refractivity contribution in [3.63, 3.8) is 0 Å². The van der Waals surface area contributed by atoms with Gasteiger partial charge >= 0.3 is 0 Å². The summed E-state index contributed by atoms with van der Waals surface area (Å²) < 4.78 is 24.8. The molecule has 0 radical (unpaired) electrons. The molecule has 30 heavy (non-hydrogen) atoms. The molecule has 0 N–H and O–H groups in total. The average molecular weight is 405 g/mol. The van der Waals surface area contributed by atoms with Gasteiger partial charge in [-0.15, -0.1) is 10.2 Å². The standard InChI is InChI=1S/C23H20FN3O3/c24-17-7-3-6-16(13-17)22-26-25-20(30-22)14-18-8-1-2-11-27(18)23(28)19-9-4-5-15-10-12-29-21(15)19/h3-7,9-10,12-13,18H,1-2,8,11,14H2. The number of furan rings is 1. The Balaban J connectivity index is 1.38. The second-order valence-electron chi connectivity index (χ2n) is 7.51. The Kier molecular flexibility index (Phi) is 4.78. The van der Waals surface area contributed by atoms with Crippen LogP contribution < -0.4 is 0 Å². The molecule has 1 saturated heterocycles. The molecule has 0 aliphatic carbocycles. The molecule has 2 aromatic heterocycles. The third-order valence-electron chi connectivity index (χ3n) is 5.55. The van der Waals surface area contributed by atoms with Crippen LogP contribution >= 0.6 is 0 Å². The quantitative estimate of drug-likeness (QED) is 0.485. The number of fused-ring (bicyclic) bond motifs is 1. The molecule has 0 bridgehead atoms. The Morgan fingerprint density at radius 1 is 1.13 bits per heavy atom. The monoisotopic (exact) mass is 405 g/mol. The predicted molar refractivity (Wildman–Crippen MR) is 108 cm³/mol. The van der Waals surface area contributed by atoms with Crippen molar-refractivity contribution in [1.82, 2.24) is 15.1 Å². The van der Waals surface area contributed by atoms with Gasteiger partial charge in [-0.1, -0.05) is 18.2 Å². The molecule has 1 aliphatic rings. The normalized spacial score (nSPS) is 16.8. The number of carbonyl (C=O) groups is 1. The first-order chi connectivity index (χ1) is 14.7. The smallest absolute Gasteiger partial charge is 0.257 e. The van der Waals surface area contributed by atoms with E-state index >= 15 is 0 Å². The Bertz CT molecular complexity index is 1200. The van der Waals surface area contributed by atoms with E-state index in [1.807, 2.05) is 23.1 Å². The molecule has 1 aliphatic heterocycles. The lowest BCUT2D eigenvalue weighted by Gasteiger charge is -2.35. The van der Waals surface area contributed by atoms with E-state index in [9.17, 15) is 9.18 Å². The molecular formula is C23H20FN3O3. The van der Waals surface area contributed by atoms with Crippen LogP contribution in [0.1, 0.15) is 35.5 Å². The van der Waals surface area contributed by atoms with Gasteiger partial charge in [0.2, 0.25) is 11.8 Å². The van der Waals surface area contributed by atoms with Crippen molar-refractivity contribution in [3.05, 3.63) is 72.1 Å². The Hall–Kier alpha value is -3.48. The SMILES string of the molecule is O=C(c1cccc2ccoc12)N1CCCCC1Cc1nnc(-c2cccc(F)c2)o1. The lowest BCUT2D eigenvalue weighted by atomic mass is 9.98. The highest BCUT2D eigenvalue weighted by molar-refractivity contribution is 6.05. The molecule has 1 unspecified atom stereocenters. The number of rotatable bonds is 4. The van der Waals surface area contributed by atoms with Crippen molar-refractivity contribution in [2.75, 3.05) is 6.54 Å². The molecule has 4 aromatic rings. The number of halogens is 1. The van der Waals surface area contributed by atoms with Crippen molar-refractivity contribution >= 4 is 16.9 Å². The first-order valence-electron chi connectivity index (χ1n) is 10.0. The number of hydrogen-bond donors (Lipinski definition) is 0. The van der Waals surface area contributed by atoms with E-state index < -0.39 is 0 Å². The molecule has 0 saturated carbocycles. The van der Waals surface area contributed by atoms with Crippen LogP contribution in [0.5, 0.6) is 0 Å². The van der Waals surface area contributed by atoms with E-state index in [0.717, 1.165) is 24.6 Å². The fraction of sp³-hybridized carbons (Fsp3) is 0.261. The maximum Gasteiger partial charge on any atom is 0.257 e. The van der Waals surface area contributed by atoms with Crippen LogP contribution in [0.3, 0.4) is 0 Å². The summed E-state index contributed by atoms with van der Waals surface area (Å²) >= 11 is 0. The van der Waals surface area contributed by atoms with Gasteiger partial charge in [0.25, 0.3) is 5.91 Å². The lowest BCUT2D eigenvalue weighted by molar-refractivity contribution is 0.0606.